The summed E-state index contributed by atoms with van der Waals surface area (Å²) < 4.78 is 5.22. The predicted octanol–water partition coefficient (Wildman–Crippen LogP) is 1.26. The molecule has 78 valence electrons. The number of carbonyl (C=O) groups excluding carboxylic acids is 1. The van der Waals surface area contributed by atoms with Gasteiger partial charge in [0.25, 0.3) is 0 Å². The lowest BCUT2D eigenvalue weighted by molar-refractivity contribution is -0.127. The highest BCUT2D eigenvalue weighted by Gasteiger charge is 2.23. The standard InChI is InChI=1S/C11H12N2O2/c1-13-11(14)7-9(12-13)8-5-3-4-6-10(8)15-2/h3-6H,7H2,1-2H3. The highest BCUT2D eigenvalue weighted by atomic mass is 16.5. The first-order valence-corrected chi connectivity index (χ1v) is 4.70. The topological polar surface area (TPSA) is 41.9 Å². The van der Waals surface area contributed by atoms with Crippen molar-refractivity contribution in [1.82, 2.24) is 5.01 Å². The fourth-order valence-corrected chi connectivity index (χ4v) is 1.56. The minimum absolute atomic E-state index is 0.0101. The third-order valence-corrected chi connectivity index (χ3v) is 2.37. The number of hydrogen-bond donors (Lipinski definition) is 0. The second kappa shape index (κ2) is 3.73. The molecular weight excluding hydrogens is 192 g/mol. The van der Waals surface area contributed by atoms with Gasteiger partial charge in [-0.3, -0.25) is 4.79 Å². The Morgan fingerprint density at radius 2 is 2.13 bits per heavy atom. The first-order valence-electron chi connectivity index (χ1n) is 4.70. The molecule has 2 rings (SSSR count). The summed E-state index contributed by atoms with van der Waals surface area (Å²) in [4.78, 5) is 11.3. The van der Waals surface area contributed by atoms with Crippen molar-refractivity contribution in [2.45, 2.75) is 6.42 Å². The van der Waals surface area contributed by atoms with Gasteiger partial charge in [-0.15, -0.1) is 0 Å². The number of benzene rings is 1. The molecule has 1 aromatic rings. The van der Waals surface area contributed by atoms with Crippen LogP contribution in [-0.2, 0) is 4.79 Å². The summed E-state index contributed by atoms with van der Waals surface area (Å²) >= 11 is 0. The maximum absolute atomic E-state index is 11.3. The van der Waals surface area contributed by atoms with Gasteiger partial charge in [-0.25, -0.2) is 5.01 Å². The van der Waals surface area contributed by atoms with Gasteiger partial charge < -0.3 is 4.74 Å². The van der Waals surface area contributed by atoms with Crippen LogP contribution in [0.2, 0.25) is 0 Å². The van der Waals surface area contributed by atoms with E-state index < -0.39 is 0 Å². The number of nitrogens with zero attached hydrogens (tertiary/aromatic N) is 2. The van der Waals surface area contributed by atoms with E-state index in [1.807, 2.05) is 24.3 Å². The van der Waals surface area contributed by atoms with Crippen LogP contribution in [0.4, 0.5) is 0 Å². The molecule has 0 saturated heterocycles. The van der Waals surface area contributed by atoms with Crippen molar-refractivity contribution in [3.63, 3.8) is 0 Å². The van der Waals surface area contributed by atoms with Crippen LogP contribution >= 0.6 is 0 Å². The maximum Gasteiger partial charge on any atom is 0.248 e. The molecule has 0 bridgehead atoms. The van der Waals surface area contributed by atoms with E-state index >= 15 is 0 Å². The van der Waals surface area contributed by atoms with Gasteiger partial charge in [0, 0.05) is 12.6 Å². The smallest absolute Gasteiger partial charge is 0.248 e. The van der Waals surface area contributed by atoms with E-state index in [2.05, 4.69) is 5.10 Å². The van der Waals surface area contributed by atoms with Crippen LogP contribution in [0, 0.1) is 0 Å². The number of hydrazone groups is 1. The van der Waals surface area contributed by atoms with E-state index in [1.54, 1.807) is 14.2 Å². The first kappa shape index (κ1) is 9.71. The Morgan fingerprint density at radius 1 is 1.40 bits per heavy atom. The van der Waals surface area contributed by atoms with Crippen molar-refractivity contribution in [3.8, 4) is 5.75 Å². The average Bonchev–Trinajstić information content (AvgIpc) is 2.59. The number of para-hydroxylation sites is 1. The number of amides is 1. The molecule has 1 aliphatic heterocycles. The minimum atomic E-state index is 0.0101. The maximum atomic E-state index is 11.3. The van der Waals surface area contributed by atoms with Gasteiger partial charge in [0.1, 0.15) is 5.75 Å². The lowest BCUT2D eigenvalue weighted by Crippen LogP contribution is -2.14. The van der Waals surface area contributed by atoms with Crippen LogP contribution in [0.25, 0.3) is 0 Å². The molecule has 4 heteroatoms. The van der Waals surface area contributed by atoms with Gasteiger partial charge in [-0.2, -0.15) is 5.10 Å². The van der Waals surface area contributed by atoms with Gasteiger partial charge in [-0.05, 0) is 12.1 Å². The van der Waals surface area contributed by atoms with Gasteiger partial charge in [0.2, 0.25) is 5.91 Å². The molecule has 4 nitrogen and oxygen atoms in total. The normalized spacial score (nSPS) is 15.5. The summed E-state index contributed by atoms with van der Waals surface area (Å²) in [6.07, 6.45) is 0.344. The lowest BCUT2D eigenvalue weighted by Gasteiger charge is -2.05. The lowest BCUT2D eigenvalue weighted by atomic mass is 10.1. The largest absolute Gasteiger partial charge is 0.496 e. The molecule has 0 fully saturated rings. The number of methoxy groups -OCH3 is 1. The molecule has 1 aliphatic rings. The Kier molecular flexibility index (Phi) is 2.41. The van der Waals surface area contributed by atoms with Crippen LogP contribution in [0.3, 0.4) is 0 Å². The van der Waals surface area contributed by atoms with Gasteiger partial charge in [-0.1, -0.05) is 12.1 Å². The van der Waals surface area contributed by atoms with Crippen molar-refractivity contribution >= 4 is 11.6 Å². The molecule has 1 amide bonds. The molecule has 0 atom stereocenters. The molecule has 0 N–H and O–H groups in total. The van der Waals surface area contributed by atoms with Crippen molar-refractivity contribution < 1.29 is 9.53 Å². The fraction of sp³-hybridized carbons (Fsp3) is 0.273. The first-order chi connectivity index (χ1) is 7.22. The second-order valence-corrected chi connectivity index (χ2v) is 3.34. The van der Waals surface area contributed by atoms with Gasteiger partial charge >= 0.3 is 0 Å². The number of ether oxygens (including phenoxy) is 1. The molecule has 0 radical (unpaired) electrons. The monoisotopic (exact) mass is 204 g/mol. The predicted molar refractivity (Wildman–Crippen MR) is 56.9 cm³/mol. The fourth-order valence-electron chi connectivity index (χ4n) is 1.56. The zero-order valence-corrected chi connectivity index (χ0v) is 8.73. The zero-order chi connectivity index (χ0) is 10.8. The van der Waals surface area contributed by atoms with E-state index in [0.29, 0.717) is 6.42 Å². The molecule has 1 aromatic carbocycles. The Morgan fingerprint density at radius 3 is 2.73 bits per heavy atom. The van der Waals surface area contributed by atoms with E-state index in [1.165, 1.54) is 5.01 Å². The SMILES string of the molecule is COc1ccccc1C1=NN(C)C(=O)C1. The van der Waals surface area contributed by atoms with Crippen molar-refractivity contribution in [2.75, 3.05) is 14.2 Å². The Bertz CT molecular complexity index is 426. The molecule has 0 aromatic heterocycles. The Labute approximate surface area is 88.2 Å². The number of hydrogen-bond acceptors (Lipinski definition) is 3. The molecule has 0 aliphatic carbocycles. The minimum Gasteiger partial charge on any atom is -0.496 e. The molecule has 1 heterocycles. The van der Waals surface area contributed by atoms with Crippen LogP contribution in [0.15, 0.2) is 29.4 Å². The molecule has 0 spiro atoms. The average molecular weight is 204 g/mol. The van der Waals surface area contributed by atoms with Crippen molar-refractivity contribution in [1.29, 1.82) is 0 Å². The number of carbonyl (C=O) groups is 1. The van der Waals surface area contributed by atoms with Crippen molar-refractivity contribution in [3.05, 3.63) is 29.8 Å². The van der Waals surface area contributed by atoms with Gasteiger partial charge in [0.15, 0.2) is 0 Å². The third kappa shape index (κ3) is 1.70. The Balaban J connectivity index is 2.38. The summed E-state index contributed by atoms with van der Waals surface area (Å²) in [6.45, 7) is 0. The highest BCUT2D eigenvalue weighted by molar-refractivity contribution is 6.14. The molecular formula is C11H12N2O2. The third-order valence-electron chi connectivity index (χ3n) is 2.37. The summed E-state index contributed by atoms with van der Waals surface area (Å²) in [6, 6.07) is 7.57. The van der Waals surface area contributed by atoms with Crippen LogP contribution in [0.5, 0.6) is 5.75 Å². The van der Waals surface area contributed by atoms with Gasteiger partial charge in [0.05, 0.1) is 19.2 Å². The summed E-state index contributed by atoms with van der Waals surface area (Å²) in [7, 11) is 3.27. The van der Waals surface area contributed by atoms with Crippen LogP contribution < -0.4 is 4.74 Å². The summed E-state index contributed by atoms with van der Waals surface area (Å²) in [5, 5.41) is 5.53. The second-order valence-electron chi connectivity index (χ2n) is 3.34. The quantitative estimate of drug-likeness (QED) is 0.727. The zero-order valence-electron chi connectivity index (χ0n) is 8.73. The van der Waals surface area contributed by atoms with E-state index in [-0.39, 0.29) is 5.91 Å². The number of rotatable bonds is 2. The van der Waals surface area contributed by atoms with E-state index in [0.717, 1.165) is 17.0 Å². The van der Waals surface area contributed by atoms with E-state index in [9.17, 15) is 4.79 Å². The molecule has 0 unspecified atom stereocenters. The summed E-state index contributed by atoms with van der Waals surface area (Å²) in [5.74, 6) is 0.759. The van der Waals surface area contributed by atoms with Crippen molar-refractivity contribution in [2.24, 2.45) is 5.10 Å². The summed E-state index contributed by atoms with van der Waals surface area (Å²) in [5.41, 5.74) is 1.65. The highest BCUT2D eigenvalue weighted by Crippen LogP contribution is 2.22. The molecule has 0 saturated carbocycles. The van der Waals surface area contributed by atoms with Crippen LogP contribution in [0.1, 0.15) is 12.0 Å². The van der Waals surface area contributed by atoms with Crippen LogP contribution in [-0.4, -0.2) is 30.8 Å². The molecule has 15 heavy (non-hydrogen) atoms. The Hall–Kier alpha value is -1.84. The van der Waals surface area contributed by atoms with E-state index in [4.69, 9.17) is 4.74 Å².